The maximum absolute atomic E-state index is 13.8. The second-order valence-corrected chi connectivity index (χ2v) is 5.35. The monoisotopic (exact) mass is 354 g/mol. The lowest BCUT2D eigenvalue weighted by molar-refractivity contribution is -0.137. The molecule has 3 aromatic rings. The quantitative estimate of drug-likeness (QED) is 0.661. The molecule has 130 valence electrons. The zero-order valence-electron chi connectivity index (χ0n) is 12.8. The maximum atomic E-state index is 13.8. The Balaban J connectivity index is 1.92. The number of halogens is 5. The summed E-state index contributed by atoms with van der Waals surface area (Å²) in [5.41, 5.74) is -0.568. The number of nitrogens with zero attached hydrogens (tertiary/aromatic N) is 4. The molecule has 1 aromatic heterocycles. The number of rotatable bonds is 3. The molecule has 3 rings (SSSR count). The fourth-order valence-corrected chi connectivity index (χ4v) is 2.30. The summed E-state index contributed by atoms with van der Waals surface area (Å²) in [5, 5.41) is 11.5. The maximum Gasteiger partial charge on any atom is 0.416 e. The van der Waals surface area contributed by atoms with Gasteiger partial charge >= 0.3 is 6.18 Å². The van der Waals surface area contributed by atoms with Crippen LogP contribution in [0.2, 0.25) is 0 Å². The van der Waals surface area contributed by atoms with Gasteiger partial charge in [0.05, 0.1) is 11.6 Å². The second-order valence-electron chi connectivity index (χ2n) is 5.35. The molecular weight excluding hydrogens is 343 g/mol. The smallest absolute Gasteiger partial charge is 0.207 e. The zero-order chi connectivity index (χ0) is 18.2. The first-order valence-corrected chi connectivity index (χ1v) is 7.18. The molecule has 0 saturated heterocycles. The van der Waals surface area contributed by atoms with Gasteiger partial charge in [0, 0.05) is 17.2 Å². The predicted octanol–water partition coefficient (Wildman–Crippen LogP) is 4.25. The summed E-state index contributed by atoms with van der Waals surface area (Å²) in [5.74, 6) is -1.52. The van der Waals surface area contributed by atoms with Crippen LogP contribution in [0.5, 0.6) is 0 Å². The van der Waals surface area contributed by atoms with Crippen LogP contribution in [0.25, 0.3) is 11.4 Å². The molecule has 0 saturated carbocycles. The van der Waals surface area contributed by atoms with Crippen molar-refractivity contribution in [3.8, 4) is 11.4 Å². The summed E-state index contributed by atoms with van der Waals surface area (Å²) in [6, 6.07) is 6.86. The third kappa shape index (κ3) is 3.49. The number of tetrazole rings is 1. The largest absolute Gasteiger partial charge is 0.416 e. The summed E-state index contributed by atoms with van der Waals surface area (Å²) in [7, 11) is 0. The molecule has 9 heteroatoms. The number of benzene rings is 2. The fourth-order valence-electron chi connectivity index (χ4n) is 2.30. The topological polar surface area (TPSA) is 43.6 Å². The molecule has 0 aliphatic rings. The first kappa shape index (κ1) is 17.0. The van der Waals surface area contributed by atoms with Gasteiger partial charge in [-0.25, -0.2) is 8.78 Å². The van der Waals surface area contributed by atoms with Crippen LogP contribution in [0.1, 0.15) is 24.1 Å². The first-order valence-electron chi connectivity index (χ1n) is 7.18. The molecule has 4 nitrogen and oxygen atoms in total. The second kappa shape index (κ2) is 6.23. The van der Waals surface area contributed by atoms with Crippen LogP contribution >= 0.6 is 0 Å². The lowest BCUT2D eigenvalue weighted by Gasteiger charge is -2.11. The van der Waals surface area contributed by atoms with Crippen LogP contribution in [-0.2, 0) is 6.18 Å². The zero-order valence-corrected chi connectivity index (χ0v) is 12.8. The average molecular weight is 354 g/mol. The minimum Gasteiger partial charge on any atom is -0.207 e. The molecule has 0 fully saturated rings. The highest BCUT2D eigenvalue weighted by Crippen LogP contribution is 2.31. The van der Waals surface area contributed by atoms with Crippen molar-refractivity contribution in [3.63, 3.8) is 0 Å². The third-order valence-corrected chi connectivity index (χ3v) is 3.64. The van der Waals surface area contributed by atoms with Crippen molar-refractivity contribution in [3.05, 3.63) is 65.2 Å². The molecule has 2 aromatic carbocycles. The van der Waals surface area contributed by atoms with E-state index in [9.17, 15) is 22.0 Å². The highest BCUT2D eigenvalue weighted by Gasteiger charge is 2.30. The molecule has 0 radical (unpaired) electrons. The summed E-state index contributed by atoms with van der Waals surface area (Å²) in [6.45, 7) is 1.56. The van der Waals surface area contributed by atoms with E-state index in [4.69, 9.17) is 0 Å². The standard InChI is InChI=1S/C16H11F5N4/c1-9(13-6-5-12(17)8-14(13)18)25-23-15(22-24-25)10-3-2-4-11(7-10)16(19,20)21/h2-9H,1H3/t9-/m0/s1. The van der Waals surface area contributed by atoms with E-state index >= 15 is 0 Å². The Morgan fingerprint density at radius 2 is 1.80 bits per heavy atom. The van der Waals surface area contributed by atoms with E-state index in [1.807, 2.05) is 0 Å². The molecule has 0 unspecified atom stereocenters. The van der Waals surface area contributed by atoms with Crippen LogP contribution in [0.4, 0.5) is 22.0 Å². The van der Waals surface area contributed by atoms with Gasteiger partial charge in [0.1, 0.15) is 11.6 Å². The lowest BCUT2D eigenvalue weighted by atomic mass is 10.1. The molecule has 0 N–H and O–H groups in total. The van der Waals surface area contributed by atoms with Crippen LogP contribution in [0.3, 0.4) is 0 Å². The third-order valence-electron chi connectivity index (χ3n) is 3.64. The SMILES string of the molecule is C[C@@H](c1ccc(F)cc1F)n1nnc(-c2cccc(C(F)(F)F)c2)n1. The van der Waals surface area contributed by atoms with Crippen molar-refractivity contribution in [1.82, 2.24) is 20.2 Å². The van der Waals surface area contributed by atoms with Crippen LogP contribution < -0.4 is 0 Å². The van der Waals surface area contributed by atoms with Gasteiger partial charge in [-0.3, -0.25) is 0 Å². The molecule has 0 aliphatic heterocycles. The Bertz CT molecular complexity index is 904. The summed E-state index contributed by atoms with van der Waals surface area (Å²) >= 11 is 0. The van der Waals surface area contributed by atoms with E-state index in [0.29, 0.717) is 0 Å². The molecule has 0 amide bonds. The Labute approximate surface area is 138 Å². The van der Waals surface area contributed by atoms with Gasteiger partial charge in [-0.1, -0.05) is 18.2 Å². The Morgan fingerprint density at radius 3 is 2.48 bits per heavy atom. The summed E-state index contributed by atoms with van der Waals surface area (Å²) in [4.78, 5) is 1.06. The van der Waals surface area contributed by atoms with E-state index in [1.165, 1.54) is 18.2 Å². The van der Waals surface area contributed by atoms with Gasteiger partial charge in [0.15, 0.2) is 0 Å². The minimum absolute atomic E-state index is 0.0273. The van der Waals surface area contributed by atoms with Gasteiger partial charge in [0.25, 0.3) is 0 Å². The average Bonchev–Trinajstić information content (AvgIpc) is 3.04. The van der Waals surface area contributed by atoms with E-state index in [0.717, 1.165) is 29.1 Å². The van der Waals surface area contributed by atoms with E-state index < -0.39 is 29.4 Å². The van der Waals surface area contributed by atoms with E-state index in [2.05, 4.69) is 15.4 Å². The van der Waals surface area contributed by atoms with Crippen molar-refractivity contribution < 1.29 is 22.0 Å². The molecule has 25 heavy (non-hydrogen) atoms. The molecule has 0 aliphatic carbocycles. The summed E-state index contributed by atoms with van der Waals surface area (Å²) in [6.07, 6.45) is -4.49. The van der Waals surface area contributed by atoms with Crippen LogP contribution in [0.15, 0.2) is 42.5 Å². The van der Waals surface area contributed by atoms with Gasteiger partial charge in [-0.2, -0.15) is 18.0 Å². The Kier molecular flexibility index (Phi) is 4.23. The Hall–Kier alpha value is -2.84. The minimum atomic E-state index is -4.49. The van der Waals surface area contributed by atoms with Gasteiger partial charge in [0.2, 0.25) is 5.82 Å². The molecule has 0 spiro atoms. The normalized spacial score (nSPS) is 13.0. The first-order chi connectivity index (χ1) is 11.8. The number of alkyl halides is 3. The van der Waals surface area contributed by atoms with Crippen molar-refractivity contribution >= 4 is 0 Å². The van der Waals surface area contributed by atoms with Gasteiger partial charge < -0.3 is 0 Å². The van der Waals surface area contributed by atoms with Crippen LogP contribution in [-0.4, -0.2) is 20.2 Å². The number of aromatic nitrogens is 4. The van der Waals surface area contributed by atoms with Crippen molar-refractivity contribution in [2.75, 3.05) is 0 Å². The summed E-state index contributed by atoms with van der Waals surface area (Å²) < 4.78 is 65.2. The molecule has 1 heterocycles. The van der Waals surface area contributed by atoms with Crippen molar-refractivity contribution in [2.45, 2.75) is 19.1 Å². The predicted molar refractivity (Wildman–Crippen MR) is 78.4 cm³/mol. The van der Waals surface area contributed by atoms with Gasteiger partial charge in [-0.05, 0) is 30.3 Å². The fraction of sp³-hybridized carbons (Fsp3) is 0.188. The van der Waals surface area contributed by atoms with Crippen LogP contribution in [0, 0.1) is 11.6 Å². The number of hydrogen-bond acceptors (Lipinski definition) is 3. The highest BCUT2D eigenvalue weighted by molar-refractivity contribution is 5.55. The van der Waals surface area contributed by atoms with Crippen molar-refractivity contribution in [2.24, 2.45) is 0 Å². The van der Waals surface area contributed by atoms with Gasteiger partial charge in [-0.15, -0.1) is 10.2 Å². The van der Waals surface area contributed by atoms with E-state index in [-0.39, 0.29) is 17.0 Å². The lowest BCUT2D eigenvalue weighted by Crippen LogP contribution is -2.12. The molecular formula is C16H11F5N4. The Morgan fingerprint density at radius 1 is 1.04 bits per heavy atom. The highest BCUT2D eigenvalue weighted by atomic mass is 19.4. The number of hydrogen-bond donors (Lipinski definition) is 0. The van der Waals surface area contributed by atoms with Crippen molar-refractivity contribution in [1.29, 1.82) is 0 Å². The molecule has 0 bridgehead atoms. The molecule has 1 atom stereocenters. The van der Waals surface area contributed by atoms with E-state index in [1.54, 1.807) is 6.92 Å².